The topological polar surface area (TPSA) is 32.3 Å². The van der Waals surface area contributed by atoms with Gasteiger partial charge in [0.2, 0.25) is 0 Å². The zero-order valence-electron chi connectivity index (χ0n) is 8.94. The number of hydrogen-bond acceptors (Lipinski definition) is 2. The first-order valence-electron chi connectivity index (χ1n) is 5.40. The van der Waals surface area contributed by atoms with Gasteiger partial charge in [-0.05, 0) is 56.0 Å². The highest BCUT2D eigenvalue weighted by molar-refractivity contribution is 6.33. The van der Waals surface area contributed by atoms with Gasteiger partial charge in [-0.15, -0.1) is 0 Å². The van der Waals surface area contributed by atoms with Crippen LogP contribution in [0.15, 0.2) is 6.07 Å². The highest BCUT2D eigenvalue weighted by Gasteiger charge is 2.19. The van der Waals surface area contributed by atoms with E-state index in [1.165, 1.54) is 5.56 Å². The Morgan fingerprint density at radius 2 is 2.27 bits per heavy atom. The first-order chi connectivity index (χ1) is 7.24. The van der Waals surface area contributed by atoms with Crippen molar-refractivity contribution in [2.45, 2.75) is 25.7 Å². The fourth-order valence-electron chi connectivity index (χ4n) is 2.19. The zero-order valence-corrected chi connectivity index (χ0v) is 9.69. The Balaban J connectivity index is 2.36. The van der Waals surface area contributed by atoms with Gasteiger partial charge in [-0.2, -0.15) is 0 Å². The molecule has 1 aliphatic rings. The van der Waals surface area contributed by atoms with Crippen LogP contribution in [0, 0.1) is 0 Å². The minimum Gasteiger partial charge on any atom is -0.506 e. The molecule has 82 valence electrons. The molecule has 0 saturated carbocycles. The summed E-state index contributed by atoms with van der Waals surface area (Å²) in [5.74, 6) is 0.285. The fourth-order valence-corrected chi connectivity index (χ4v) is 2.53. The van der Waals surface area contributed by atoms with E-state index in [0.29, 0.717) is 5.02 Å². The van der Waals surface area contributed by atoms with Crippen molar-refractivity contribution in [1.29, 1.82) is 0 Å². The molecule has 0 heterocycles. The molecule has 0 unspecified atom stereocenters. The van der Waals surface area contributed by atoms with Gasteiger partial charge >= 0.3 is 0 Å². The van der Waals surface area contributed by atoms with Crippen molar-refractivity contribution in [2.75, 3.05) is 13.6 Å². The average molecular weight is 226 g/mol. The molecule has 0 radical (unpaired) electrons. The Kier molecular flexibility index (Phi) is 3.17. The van der Waals surface area contributed by atoms with Gasteiger partial charge in [0.15, 0.2) is 0 Å². The van der Waals surface area contributed by atoms with Crippen molar-refractivity contribution in [1.82, 2.24) is 5.32 Å². The predicted molar refractivity (Wildman–Crippen MR) is 62.8 cm³/mol. The summed E-state index contributed by atoms with van der Waals surface area (Å²) in [6.45, 7) is 0.864. The molecule has 0 amide bonds. The Morgan fingerprint density at radius 3 is 3.00 bits per heavy atom. The molecule has 0 saturated heterocycles. The molecule has 0 aliphatic heterocycles. The van der Waals surface area contributed by atoms with Crippen molar-refractivity contribution in [3.8, 4) is 5.75 Å². The molecule has 1 aromatic rings. The lowest BCUT2D eigenvalue weighted by Gasteiger charge is -2.10. The first-order valence-corrected chi connectivity index (χ1v) is 5.78. The standard InChI is InChI=1S/C12H16ClNO/c1-14-6-5-9-7-8-3-2-4-10(8)11(13)12(9)15/h7,14-15H,2-6H2,1H3. The fraction of sp³-hybridized carbons (Fsp3) is 0.500. The normalized spacial score (nSPS) is 14.3. The van der Waals surface area contributed by atoms with E-state index in [-0.39, 0.29) is 5.75 Å². The molecule has 0 fully saturated rings. The third kappa shape index (κ3) is 1.97. The molecule has 0 spiro atoms. The van der Waals surface area contributed by atoms with E-state index < -0.39 is 0 Å². The van der Waals surface area contributed by atoms with E-state index in [1.807, 2.05) is 7.05 Å². The lowest BCUT2D eigenvalue weighted by molar-refractivity contribution is 0.467. The van der Waals surface area contributed by atoms with E-state index in [9.17, 15) is 5.11 Å². The summed E-state index contributed by atoms with van der Waals surface area (Å²) in [6.07, 6.45) is 4.09. The van der Waals surface area contributed by atoms with Crippen LogP contribution in [0.25, 0.3) is 0 Å². The maximum atomic E-state index is 9.93. The summed E-state index contributed by atoms with van der Waals surface area (Å²) in [5.41, 5.74) is 3.45. The minimum atomic E-state index is 0.285. The third-order valence-corrected chi connectivity index (χ3v) is 3.44. The number of likely N-dealkylation sites (N-methyl/N-ethyl adjacent to an activating group) is 1. The number of hydrogen-bond donors (Lipinski definition) is 2. The largest absolute Gasteiger partial charge is 0.506 e. The lowest BCUT2D eigenvalue weighted by Crippen LogP contribution is -2.10. The van der Waals surface area contributed by atoms with Crippen molar-refractivity contribution >= 4 is 11.6 Å². The lowest BCUT2D eigenvalue weighted by atomic mass is 10.0. The smallest absolute Gasteiger partial charge is 0.137 e. The molecule has 2 nitrogen and oxygen atoms in total. The number of fused-ring (bicyclic) bond motifs is 1. The van der Waals surface area contributed by atoms with Crippen LogP contribution in [0.2, 0.25) is 5.02 Å². The molecule has 1 aromatic carbocycles. The van der Waals surface area contributed by atoms with Crippen molar-refractivity contribution < 1.29 is 5.11 Å². The van der Waals surface area contributed by atoms with Crippen LogP contribution in [0.1, 0.15) is 23.1 Å². The number of rotatable bonds is 3. The maximum Gasteiger partial charge on any atom is 0.137 e. The van der Waals surface area contributed by atoms with E-state index in [4.69, 9.17) is 11.6 Å². The number of benzene rings is 1. The summed E-state index contributed by atoms with van der Waals surface area (Å²) in [6, 6.07) is 2.11. The van der Waals surface area contributed by atoms with E-state index in [2.05, 4.69) is 11.4 Å². The van der Waals surface area contributed by atoms with Gasteiger partial charge < -0.3 is 10.4 Å². The van der Waals surface area contributed by atoms with Gasteiger partial charge in [-0.1, -0.05) is 17.7 Å². The number of phenolic OH excluding ortho intramolecular Hbond substituents is 1. The number of nitrogens with one attached hydrogen (secondary N) is 1. The van der Waals surface area contributed by atoms with Crippen LogP contribution in [0.5, 0.6) is 5.75 Å². The highest BCUT2D eigenvalue weighted by atomic mass is 35.5. The van der Waals surface area contributed by atoms with Gasteiger partial charge in [0.05, 0.1) is 5.02 Å². The first kappa shape index (κ1) is 10.8. The molecule has 0 bridgehead atoms. The van der Waals surface area contributed by atoms with Crippen molar-refractivity contribution in [3.05, 3.63) is 27.8 Å². The second-order valence-electron chi connectivity index (χ2n) is 4.04. The van der Waals surface area contributed by atoms with E-state index in [0.717, 1.165) is 43.4 Å². The highest BCUT2D eigenvalue weighted by Crippen LogP contribution is 2.38. The second kappa shape index (κ2) is 4.42. The van der Waals surface area contributed by atoms with Crippen molar-refractivity contribution in [3.63, 3.8) is 0 Å². The van der Waals surface area contributed by atoms with Gasteiger partial charge in [0.1, 0.15) is 5.75 Å². The Morgan fingerprint density at radius 1 is 1.47 bits per heavy atom. The van der Waals surface area contributed by atoms with Crippen LogP contribution in [-0.4, -0.2) is 18.7 Å². The molecule has 0 atom stereocenters. The number of halogens is 1. The summed E-state index contributed by atoms with van der Waals surface area (Å²) in [4.78, 5) is 0. The minimum absolute atomic E-state index is 0.285. The molecule has 3 heteroatoms. The van der Waals surface area contributed by atoms with Crippen LogP contribution in [0.3, 0.4) is 0 Å². The summed E-state index contributed by atoms with van der Waals surface area (Å²) in [5, 5.41) is 13.6. The van der Waals surface area contributed by atoms with Crippen molar-refractivity contribution in [2.24, 2.45) is 0 Å². The Labute approximate surface area is 95.3 Å². The SMILES string of the molecule is CNCCc1cc2c(c(Cl)c1O)CCC2. The molecule has 0 aromatic heterocycles. The van der Waals surface area contributed by atoms with Crippen LogP contribution >= 0.6 is 11.6 Å². The molecular formula is C12H16ClNO. The van der Waals surface area contributed by atoms with E-state index >= 15 is 0 Å². The van der Waals surface area contributed by atoms with Gasteiger partial charge in [0.25, 0.3) is 0 Å². The monoisotopic (exact) mass is 225 g/mol. The maximum absolute atomic E-state index is 9.93. The van der Waals surface area contributed by atoms with Gasteiger partial charge in [-0.25, -0.2) is 0 Å². The van der Waals surface area contributed by atoms with Gasteiger partial charge in [0, 0.05) is 0 Å². The Hall–Kier alpha value is -0.730. The summed E-state index contributed by atoms with van der Waals surface area (Å²) >= 11 is 6.15. The number of aryl methyl sites for hydroxylation is 1. The zero-order chi connectivity index (χ0) is 10.8. The molecule has 1 aliphatic carbocycles. The van der Waals surface area contributed by atoms with Gasteiger partial charge in [-0.3, -0.25) is 0 Å². The Bertz CT molecular complexity index is 376. The number of phenols is 1. The molecule has 2 rings (SSSR count). The molecule has 15 heavy (non-hydrogen) atoms. The molecule has 2 N–H and O–H groups in total. The summed E-state index contributed by atoms with van der Waals surface area (Å²) < 4.78 is 0. The van der Waals surface area contributed by atoms with Crippen LogP contribution < -0.4 is 5.32 Å². The molecular weight excluding hydrogens is 210 g/mol. The third-order valence-electron chi connectivity index (χ3n) is 3.03. The second-order valence-corrected chi connectivity index (χ2v) is 4.42. The summed E-state index contributed by atoms with van der Waals surface area (Å²) in [7, 11) is 1.91. The number of aromatic hydroxyl groups is 1. The average Bonchev–Trinajstić information content (AvgIpc) is 2.69. The van der Waals surface area contributed by atoms with E-state index in [1.54, 1.807) is 0 Å². The predicted octanol–water partition coefficient (Wildman–Crippen LogP) is 2.30. The quantitative estimate of drug-likeness (QED) is 0.828. The van der Waals surface area contributed by atoms with Crippen LogP contribution in [-0.2, 0) is 19.3 Å². The van der Waals surface area contributed by atoms with Crippen LogP contribution in [0.4, 0.5) is 0 Å².